The summed E-state index contributed by atoms with van der Waals surface area (Å²) < 4.78 is 2.21. The minimum Gasteiger partial charge on any atom is -0.302 e. The van der Waals surface area contributed by atoms with Gasteiger partial charge in [-0.05, 0) is 35.6 Å². The second-order valence-corrected chi connectivity index (χ2v) is 7.32. The molecular formula is C20H24N4S. The fraction of sp³-hybridized carbons (Fsp3) is 0.350. The highest BCUT2D eigenvalue weighted by Crippen LogP contribution is 2.27. The number of aromatic nitrogens is 4. The lowest BCUT2D eigenvalue weighted by Crippen LogP contribution is -2.02. The lowest BCUT2D eigenvalue weighted by molar-refractivity contribution is 0.626. The van der Waals surface area contributed by atoms with E-state index in [-0.39, 0.29) is 0 Å². The molecule has 0 saturated heterocycles. The Morgan fingerprint density at radius 3 is 2.36 bits per heavy atom. The molecule has 0 aliphatic carbocycles. The summed E-state index contributed by atoms with van der Waals surface area (Å²) in [5.74, 6) is 2.38. The molecule has 2 aromatic heterocycles. The molecule has 4 nitrogen and oxygen atoms in total. The molecule has 5 heteroatoms. The third kappa shape index (κ3) is 4.28. The van der Waals surface area contributed by atoms with E-state index in [0.29, 0.717) is 5.92 Å². The van der Waals surface area contributed by atoms with Gasteiger partial charge in [-0.3, -0.25) is 4.98 Å². The molecule has 0 aliphatic rings. The first kappa shape index (κ1) is 17.7. The van der Waals surface area contributed by atoms with Gasteiger partial charge in [0.1, 0.15) is 0 Å². The third-order valence-electron chi connectivity index (χ3n) is 4.12. The van der Waals surface area contributed by atoms with Gasteiger partial charge >= 0.3 is 0 Å². The molecule has 0 N–H and O–H groups in total. The standard InChI is InChI=1S/C20H24N4S/c1-4-13-24-19(18-9-11-21-12-10-18)22-23-20(24)25-14-16-5-7-17(8-6-16)15(2)3/h5-12,15H,4,13-14H2,1-3H3. The molecule has 0 radical (unpaired) electrons. The van der Waals surface area contributed by atoms with E-state index in [9.17, 15) is 0 Å². The molecule has 0 spiro atoms. The molecule has 0 bridgehead atoms. The predicted octanol–water partition coefficient (Wildman–Crippen LogP) is 5.17. The molecule has 25 heavy (non-hydrogen) atoms. The zero-order chi connectivity index (χ0) is 17.6. The Hall–Kier alpha value is -2.14. The first-order chi connectivity index (χ1) is 12.2. The van der Waals surface area contributed by atoms with E-state index in [1.807, 2.05) is 12.1 Å². The van der Waals surface area contributed by atoms with E-state index >= 15 is 0 Å². The van der Waals surface area contributed by atoms with E-state index in [2.05, 4.69) is 64.8 Å². The normalized spacial score (nSPS) is 11.2. The van der Waals surface area contributed by atoms with Gasteiger partial charge in [-0.25, -0.2) is 0 Å². The average Bonchev–Trinajstić information content (AvgIpc) is 3.04. The van der Waals surface area contributed by atoms with Gasteiger partial charge in [0.2, 0.25) is 0 Å². The highest BCUT2D eigenvalue weighted by atomic mass is 32.2. The van der Waals surface area contributed by atoms with Gasteiger partial charge in [0, 0.05) is 30.3 Å². The molecule has 2 heterocycles. The van der Waals surface area contributed by atoms with Crippen LogP contribution in [0.3, 0.4) is 0 Å². The minimum absolute atomic E-state index is 0.567. The van der Waals surface area contributed by atoms with Crippen LogP contribution in [0.25, 0.3) is 11.4 Å². The molecule has 0 fully saturated rings. The average molecular weight is 353 g/mol. The Morgan fingerprint density at radius 1 is 1.00 bits per heavy atom. The monoisotopic (exact) mass is 352 g/mol. The van der Waals surface area contributed by atoms with E-state index in [1.165, 1.54) is 11.1 Å². The summed E-state index contributed by atoms with van der Waals surface area (Å²) in [5.41, 5.74) is 3.75. The van der Waals surface area contributed by atoms with Gasteiger partial charge in [-0.15, -0.1) is 10.2 Å². The molecular weight excluding hydrogens is 328 g/mol. The van der Waals surface area contributed by atoms with Crippen molar-refractivity contribution in [3.05, 3.63) is 59.9 Å². The molecule has 3 aromatic rings. The number of nitrogens with zero attached hydrogens (tertiary/aromatic N) is 4. The van der Waals surface area contributed by atoms with Crippen LogP contribution in [0.2, 0.25) is 0 Å². The van der Waals surface area contributed by atoms with Gasteiger partial charge in [0.25, 0.3) is 0 Å². The van der Waals surface area contributed by atoms with Crippen LogP contribution in [-0.2, 0) is 12.3 Å². The second-order valence-electron chi connectivity index (χ2n) is 6.38. The van der Waals surface area contributed by atoms with Crippen LogP contribution in [-0.4, -0.2) is 19.7 Å². The summed E-state index contributed by atoms with van der Waals surface area (Å²) in [6.07, 6.45) is 4.64. The Morgan fingerprint density at radius 2 is 1.72 bits per heavy atom. The summed E-state index contributed by atoms with van der Waals surface area (Å²) in [7, 11) is 0. The van der Waals surface area contributed by atoms with Crippen molar-refractivity contribution in [2.75, 3.05) is 0 Å². The Kier molecular flexibility index (Phi) is 5.87. The predicted molar refractivity (Wildman–Crippen MR) is 104 cm³/mol. The van der Waals surface area contributed by atoms with Gasteiger partial charge in [-0.2, -0.15) is 0 Å². The van der Waals surface area contributed by atoms with Gasteiger partial charge in [0.05, 0.1) is 0 Å². The van der Waals surface area contributed by atoms with E-state index < -0.39 is 0 Å². The minimum atomic E-state index is 0.567. The highest BCUT2D eigenvalue weighted by molar-refractivity contribution is 7.98. The zero-order valence-corrected chi connectivity index (χ0v) is 15.8. The molecule has 1 aromatic carbocycles. The van der Waals surface area contributed by atoms with Crippen LogP contribution < -0.4 is 0 Å². The van der Waals surface area contributed by atoms with Gasteiger partial charge in [0.15, 0.2) is 11.0 Å². The summed E-state index contributed by atoms with van der Waals surface area (Å²) in [6, 6.07) is 12.8. The summed E-state index contributed by atoms with van der Waals surface area (Å²) in [4.78, 5) is 4.09. The van der Waals surface area contributed by atoms with Crippen LogP contribution in [0.1, 0.15) is 44.2 Å². The summed E-state index contributed by atoms with van der Waals surface area (Å²) >= 11 is 1.74. The maximum atomic E-state index is 4.43. The lowest BCUT2D eigenvalue weighted by atomic mass is 10.0. The van der Waals surface area contributed by atoms with E-state index in [4.69, 9.17) is 0 Å². The summed E-state index contributed by atoms with van der Waals surface area (Å²) in [5, 5.41) is 9.82. The van der Waals surface area contributed by atoms with Gasteiger partial charge in [-0.1, -0.05) is 56.8 Å². The first-order valence-corrected chi connectivity index (χ1v) is 9.72. The topological polar surface area (TPSA) is 43.6 Å². The van der Waals surface area contributed by atoms with Crippen LogP contribution in [0, 0.1) is 0 Å². The maximum absolute atomic E-state index is 4.43. The number of pyridine rings is 1. The van der Waals surface area contributed by atoms with Crippen LogP contribution >= 0.6 is 11.8 Å². The number of hydrogen-bond acceptors (Lipinski definition) is 4. The smallest absolute Gasteiger partial charge is 0.191 e. The molecule has 130 valence electrons. The molecule has 0 saturated carbocycles. The second kappa shape index (κ2) is 8.30. The van der Waals surface area contributed by atoms with Crippen molar-refractivity contribution in [2.45, 2.75) is 50.6 Å². The van der Waals surface area contributed by atoms with E-state index in [0.717, 1.165) is 35.3 Å². The van der Waals surface area contributed by atoms with Crippen molar-refractivity contribution >= 4 is 11.8 Å². The fourth-order valence-corrected chi connectivity index (χ4v) is 3.60. The van der Waals surface area contributed by atoms with Crippen molar-refractivity contribution < 1.29 is 0 Å². The Bertz CT molecular complexity index is 794. The van der Waals surface area contributed by atoms with Crippen LogP contribution in [0.4, 0.5) is 0 Å². The summed E-state index contributed by atoms with van der Waals surface area (Å²) in [6.45, 7) is 7.53. The molecule has 0 amide bonds. The number of hydrogen-bond donors (Lipinski definition) is 0. The van der Waals surface area contributed by atoms with E-state index in [1.54, 1.807) is 24.2 Å². The largest absolute Gasteiger partial charge is 0.302 e. The van der Waals surface area contributed by atoms with Crippen molar-refractivity contribution in [3.8, 4) is 11.4 Å². The molecule has 0 aliphatic heterocycles. The van der Waals surface area contributed by atoms with Crippen LogP contribution in [0.5, 0.6) is 0 Å². The fourth-order valence-electron chi connectivity index (χ4n) is 2.68. The quantitative estimate of drug-likeness (QED) is 0.551. The van der Waals surface area contributed by atoms with Gasteiger partial charge < -0.3 is 4.57 Å². The Balaban J connectivity index is 1.77. The Labute approximate surface area is 153 Å². The molecule has 0 unspecified atom stereocenters. The number of thioether (sulfide) groups is 1. The van der Waals surface area contributed by atoms with Crippen molar-refractivity contribution in [2.24, 2.45) is 0 Å². The SMILES string of the molecule is CCCn1c(SCc2ccc(C(C)C)cc2)nnc1-c1ccncc1. The van der Waals surface area contributed by atoms with Crippen molar-refractivity contribution in [3.63, 3.8) is 0 Å². The third-order valence-corrected chi connectivity index (χ3v) is 5.15. The lowest BCUT2D eigenvalue weighted by Gasteiger charge is -2.09. The number of benzene rings is 1. The zero-order valence-electron chi connectivity index (χ0n) is 15.0. The van der Waals surface area contributed by atoms with Crippen LogP contribution in [0.15, 0.2) is 53.9 Å². The van der Waals surface area contributed by atoms with Crippen molar-refractivity contribution in [1.82, 2.24) is 19.7 Å². The first-order valence-electron chi connectivity index (χ1n) is 8.74. The maximum Gasteiger partial charge on any atom is 0.191 e. The van der Waals surface area contributed by atoms with Crippen molar-refractivity contribution in [1.29, 1.82) is 0 Å². The highest BCUT2D eigenvalue weighted by Gasteiger charge is 2.13. The number of rotatable bonds is 7. The molecule has 3 rings (SSSR count). The molecule has 0 atom stereocenters.